The van der Waals surface area contributed by atoms with Gasteiger partial charge in [0.1, 0.15) is 5.00 Å². The molecule has 0 radical (unpaired) electrons. The monoisotopic (exact) mass is 445 g/mol. The van der Waals surface area contributed by atoms with Gasteiger partial charge in [-0.15, -0.1) is 11.3 Å². The Labute approximate surface area is 186 Å². The van der Waals surface area contributed by atoms with Crippen molar-refractivity contribution in [2.24, 2.45) is 0 Å². The van der Waals surface area contributed by atoms with Crippen molar-refractivity contribution in [3.8, 4) is 0 Å². The summed E-state index contributed by atoms with van der Waals surface area (Å²) in [6, 6.07) is 8.35. The highest BCUT2D eigenvalue weighted by Crippen LogP contribution is 2.37. The molecule has 30 heavy (non-hydrogen) atoms. The maximum absolute atomic E-state index is 13.0. The SMILES string of the molecule is CCN(CC)C(=O)c1sc(NC(=S)N2c3ccccc3C[C@H]2C)c(C(=O)OC)c1C. The first-order valence-electron chi connectivity index (χ1n) is 10.0. The number of ether oxygens (including phenoxy) is 1. The number of amides is 1. The number of anilines is 2. The second-order valence-corrected chi connectivity index (χ2v) is 8.62. The average molecular weight is 446 g/mol. The van der Waals surface area contributed by atoms with Gasteiger partial charge in [0.25, 0.3) is 5.91 Å². The molecule has 1 amide bonds. The van der Waals surface area contributed by atoms with Gasteiger partial charge in [0.15, 0.2) is 5.11 Å². The molecule has 0 unspecified atom stereocenters. The Morgan fingerprint density at radius 1 is 1.30 bits per heavy atom. The molecule has 0 saturated carbocycles. The van der Waals surface area contributed by atoms with Gasteiger partial charge in [-0.05, 0) is 63.5 Å². The summed E-state index contributed by atoms with van der Waals surface area (Å²) in [7, 11) is 1.34. The van der Waals surface area contributed by atoms with Crippen LogP contribution in [-0.2, 0) is 11.2 Å². The maximum Gasteiger partial charge on any atom is 0.341 e. The average Bonchev–Trinajstić information content (AvgIpc) is 3.23. The largest absolute Gasteiger partial charge is 0.465 e. The Morgan fingerprint density at radius 2 is 1.97 bits per heavy atom. The fourth-order valence-corrected chi connectivity index (χ4v) is 5.45. The smallest absolute Gasteiger partial charge is 0.341 e. The van der Waals surface area contributed by atoms with E-state index in [1.807, 2.05) is 32.0 Å². The Kier molecular flexibility index (Phi) is 6.77. The first-order chi connectivity index (χ1) is 14.3. The molecule has 3 rings (SSSR count). The number of nitrogens with one attached hydrogen (secondary N) is 1. The van der Waals surface area contributed by atoms with Gasteiger partial charge in [0, 0.05) is 24.8 Å². The van der Waals surface area contributed by atoms with Crippen LogP contribution in [0.25, 0.3) is 0 Å². The third-order valence-electron chi connectivity index (χ3n) is 5.43. The van der Waals surface area contributed by atoms with Crippen LogP contribution in [0.5, 0.6) is 0 Å². The maximum atomic E-state index is 13.0. The van der Waals surface area contributed by atoms with Crippen molar-refractivity contribution in [3.05, 3.63) is 45.8 Å². The first-order valence-corrected chi connectivity index (χ1v) is 11.2. The number of rotatable bonds is 5. The van der Waals surface area contributed by atoms with Crippen molar-refractivity contribution in [3.63, 3.8) is 0 Å². The lowest BCUT2D eigenvalue weighted by Gasteiger charge is -2.26. The van der Waals surface area contributed by atoms with Gasteiger partial charge < -0.3 is 19.9 Å². The van der Waals surface area contributed by atoms with E-state index in [-0.39, 0.29) is 11.9 Å². The summed E-state index contributed by atoms with van der Waals surface area (Å²) < 4.78 is 4.99. The quantitative estimate of drug-likeness (QED) is 0.541. The van der Waals surface area contributed by atoms with Gasteiger partial charge in [-0.25, -0.2) is 4.79 Å². The number of hydrogen-bond donors (Lipinski definition) is 1. The van der Waals surface area contributed by atoms with E-state index in [2.05, 4.69) is 23.2 Å². The molecular weight excluding hydrogens is 418 g/mol. The second-order valence-electron chi connectivity index (χ2n) is 7.21. The van der Waals surface area contributed by atoms with Crippen molar-refractivity contribution >= 4 is 51.2 Å². The highest BCUT2D eigenvalue weighted by atomic mass is 32.1. The minimum absolute atomic E-state index is 0.0912. The highest BCUT2D eigenvalue weighted by molar-refractivity contribution is 7.80. The topological polar surface area (TPSA) is 61.9 Å². The minimum Gasteiger partial charge on any atom is -0.465 e. The van der Waals surface area contributed by atoms with Gasteiger partial charge in [0.05, 0.1) is 17.6 Å². The summed E-state index contributed by atoms with van der Waals surface area (Å²) in [6.07, 6.45) is 0.900. The first kappa shape index (κ1) is 22.2. The molecule has 6 nitrogen and oxygen atoms in total. The molecule has 8 heteroatoms. The summed E-state index contributed by atoms with van der Waals surface area (Å²) in [5, 5.41) is 4.27. The molecule has 1 aromatic heterocycles. The Bertz CT molecular complexity index is 982. The van der Waals surface area contributed by atoms with Crippen LogP contribution >= 0.6 is 23.6 Å². The van der Waals surface area contributed by atoms with Gasteiger partial charge >= 0.3 is 5.97 Å². The zero-order chi connectivity index (χ0) is 22.0. The molecule has 160 valence electrons. The molecule has 2 aromatic rings. The number of fused-ring (bicyclic) bond motifs is 1. The lowest BCUT2D eigenvalue weighted by molar-refractivity contribution is 0.0601. The second kappa shape index (κ2) is 9.14. The predicted octanol–water partition coefficient (Wildman–Crippen LogP) is 4.47. The third kappa shape index (κ3) is 3.94. The van der Waals surface area contributed by atoms with E-state index in [1.165, 1.54) is 24.0 Å². The number of carbonyl (C=O) groups excluding carboxylic acids is 2. The van der Waals surface area contributed by atoms with Crippen LogP contribution in [-0.4, -0.2) is 48.1 Å². The van der Waals surface area contributed by atoms with Crippen molar-refractivity contribution in [2.45, 2.75) is 40.2 Å². The molecule has 1 aromatic carbocycles. The third-order valence-corrected chi connectivity index (χ3v) is 6.92. The molecule has 1 aliphatic heterocycles. The standard InChI is InChI=1S/C22H27N3O3S2/c1-6-24(7-2)20(26)18-14(4)17(21(27)28-5)19(30-18)23-22(29)25-13(3)12-15-10-8-9-11-16(15)25/h8-11,13H,6-7,12H2,1-5H3,(H,23,29)/t13-/m1/s1. The Morgan fingerprint density at radius 3 is 2.60 bits per heavy atom. The lowest BCUT2D eigenvalue weighted by atomic mass is 10.1. The fourth-order valence-electron chi connectivity index (χ4n) is 3.84. The lowest BCUT2D eigenvalue weighted by Crippen LogP contribution is -2.38. The summed E-state index contributed by atoms with van der Waals surface area (Å²) in [5.41, 5.74) is 3.28. The molecule has 1 atom stereocenters. The zero-order valence-corrected chi connectivity index (χ0v) is 19.6. The summed E-state index contributed by atoms with van der Waals surface area (Å²) in [6.45, 7) is 8.97. The minimum atomic E-state index is -0.484. The molecular formula is C22H27N3O3S2. The Hall–Kier alpha value is -2.45. The Balaban J connectivity index is 1.97. The zero-order valence-electron chi connectivity index (χ0n) is 17.9. The summed E-state index contributed by atoms with van der Waals surface area (Å²) in [5.74, 6) is -0.575. The molecule has 2 heterocycles. The molecule has 0 aliphatic carbocycles. The highest BCUT2D eigenvalue weighted by Gasteiger charge is 2.31. The van der Waals surface area contributed by atoms with Crippen LogP contribution in [0.1, 0.15) is 51.9 Å². The van der Waals surface area contributed by atoms with Crippen molar-refractivity contribution in [1.82, 2.24) is 4.90 Å². The summed E-state index contributed by atoms with van der Waals surface area (Å²) in [4.78, 5) is 29.8. The van der Waals surface area contributed by atoms with Gasteiger partial charge in [0.2, 0.25) is 0 Å². The van der Waals surface area contributed by atoms with E-state index < -0.39 is 5.97 Å². The van der Waals surface area contributed by atoms with Gasteiger partial charge in [-0.3, -0.25) is 4.79 Å². The molecule has 0 saturated heterocycles. The van der Waals surface area contributed by atoms with E-state index in [9.17, 15) is 9.59 Å². The van der Waals surface area contributed by atoms with Crippen molar-refractivity contribution in [1.29, 1.82) is 0 Å². The molecule has 0 spiro atoms. The number of nitrogens with zero attached hydrogens (tertiary/aromatic N) is 2. The normalized spacial score (nSPS) is 15.0. The number of para-hydroxylation sites is 1. The fraction of sp³-hybridized carbons (Fsp3) is 0.409. The number of benzene rings is 1. The van der Waals surface area contributed by atoms with Crippen LogP contribution in [0, 0.1) is 6.92 Å². The van der Waals surface area contributed by atoms with Gasteiger partial charge in [-0.2, -0.15) is 0 Å². The van der Waals surface area contributed by atoms with Crippen LogP contribution in [0.4, 0.5) is 10.7 Å². The van der Waals surface area contributed by atoms with Crippen LogP contribution in [0.15, 0.2) is 24.3 Å². The van der Waals surface area contributed by atoms with E-state index in [4.69, 9.17) is 17.0 Å². The van der Waals surface area contributed by atoms with E-state index in [0.717, 1.165) is 12.1 Å². The van der Waals surface area contributed by atoms with Crippen LogP contribution in [0.2, 0.25) is 0 Å². The molecule has 1 aliphatic rings. The van der Waals surface area contributed by atoms with Crippen molar-refractivity contribution in [2.75, 3.05) is 30.4 Å². The number of thiocarbonyl (C=S) groups is 1. The van der Waals surface area contributed by atoms with Gasteiger partial charge in [-0.1, -0.05) is 18.2 Å². The van der Waals surface area contributed by atoms with Crippen LogP contribution < -0.4 is 10.2 Å². The molecule has 0 bridgehead atoms. The number of hydrogen-bond acceptors (Lipinski definition) is 5. The number of methoxy groups -OCH3 is 1. The molecule has 1 N–H and O–H groups in total. The molecule has 0 fully saturated rings. The summed E-state index contributed by atoms with van der Waals surface area (Å²) >= 11 is 6.97. The number of carbonyl (C=O) groups is 2. The van der Waals surface area contributed by atoms with Crippen LogP contribution in [0.3, 0.4) is 0 Å². The number of thiophene rings is 1. The number of esters is 1. The van der Waals surface area contributed by atoms with E-state index >= 15 is 0 Å². The predicted molar refractivity (Wildman–Crippen MR) is 126 cm³/mol. The van der Waals surface area contributed by atoms with Crippen molar-refractivity contribution < 1.29 is 14.3 Å². The van der Waals surface area contributed by atoms with E-state index in [1.54, 1.807) is 11.8 Å². The van der Waals surface area contributed by atoms with E-state index in [0.29, 0.717) is 39.2 Å².